The fraction of sp³-hybridized carbons (Fsp3) is 0.542. The van der Waals surface area contributed by atoms with E-state index in [1.54, 1.807) is 4.90 Å². The lowest BCUT2D eigenvalue weighted by atomic mass is 10.0. The van der Waals surface area contributed by atoms with Gasteiger partial charge >= 0.3 is 17.5 Å². The summed E-state index contributed by atoms with van der Waals surface area (Å²) < 4.78 is 38.7. The van der Waals surface area contributed by atoms with Gasteiger partial charge in [0.05, 0.1) is 25.4 Å². The minimum atomic E-state index is -1.65. The van der Waals surface area contributed by atoms with E-state index >= 15 is 0 Å². The Kier molecular flexibility index (Phi) is 8.53. The van der Waals surface area contributed by atoms with Gasteiger partial charge in [0.25, 0.3) is 0 Å². The SMILES string of the molecule is Cc1c(Oc2ccc(C3COS(=O)OC3)cc2)ncnc1OC1CCN(C(=O)OCC(C)C)CC1. The van der Waals surface area contributed by atoms with E-state index in [2.05, 4.69) is 9.97 Å². The number of amides is 1. The van der Waals surface area contributed by atoms with Gasteiger partial charge in [-0.2, -0.15) is 4.21 Å². The van der Waals surface area contributed by atoms with Crippen molar-refractivity contribution in [3.8, 4) is 17.5 Å². The predicted octanol–water partition coefficient (Wildman–Crippen LogP) is 3.92. The molecule has 0 N–H and O–H groups in total. The van der Waals surface area contributed by atoms with Crippen molar-refractivity contribution in [3.63, 3.8) is 0 Å². The van der Waals surface area contributed by atoms with Gasteiger partial charge in [0, 0.05) is 31.8 Å². The third-order valence-corrected chi connectivity index (χ3v) is 6.46. The van der Waals surface area contributed by atoms with Crippen LogP contribution in [-0.4, -0.2) is 64.2 Å². The molecule has 190 valence electrons. The largest absolute Gasteiger partial charge is 0.474 e. The number of carbonyl (C=O) groups is 1. The number of benzene rings is 1. The van der Waals surface area contributed by atoms with E-state index in [4.69, 9.17) is 22.6 Å². The van der Waals surface area contributed by atoms with Crippen molar-refractivity contribution in [1.29, 1.82) is 0 Å². The molecule has 0 unspecified atom stereocenters. The second-order valence-corrected chi connectivity index (χ2v) is 9.90. The van der Waals surface area contributed by atoms with Crippen LogP contribution in [0.4, 0.5) is 4.79 Å². The number of hydrogen-bond donors (Lipinski definition) is 0. The molecule has 0 atom stereocenters. The first-order valence-corrected chi connectivity index (χ1v) is 12.7. The highest BCUT2D eigenvalue weighted by atomic mass is 32.2. The summed E-state index contributed by atoms with van der Waals surface area (Å²) >= 11 is -1.65. The molecule has 1 aromatic heterocycles. The van der Waals surface area contributed by atoms with Crippen molar-refractivity contribution in [2.45, 2.75) is 45.6 Å². The Morgan fingerprint density at radius 1 is 1.11 bits per heavy atom. The van der Waals surface area contributed by atoms with Crippen molar-refractivity contribution in [2.75, 3.05) is 32.9 Å². The van der Waals surface area contributed by atoms with Crippen LogP contribution in [0, 0.1) is 12.8 Å². The lowest BCUT2D eigenvalue weighted by Gasteiger charge is -2.31. The number of likely N-dealkylation sites (tertiary alicyclic amines) is 1. The lowest BCUT2D eigenvalue weighted by Crippen LogP contribution is -2.42. The molecule has 1 amide bonds. The van der Waals surface area contributed by atoms with Crippen LogP contribution in [0.15, 0.2) is 30.6 Å². The molecule has 0 aliphatic carbocycles. The Labute approximate surface area is 207 Å². The van der Waals surface area contributed by atoms with Crippen LogP contribution in [-0.2, 0) is 24.5 Å². The molecule has 3 heterocycles. The highest BCUT2D eigenvalue weighted by Gasteiger charge is 2.26. The molecule has 0 bridgehead atoms. The Bertz CT molecular complexity index is 1020. The molecular weight excluding hydrogens is 474 g/mol. The molecule has 0 spiro atoms. The quantitative estimate of drug-likeness (QED) is 0.553. The van der Waals surface area contributed by atoms with Crippen molar-refractivity contribution >= 4 is 17.5 Å². The molecule has 0 radical (unpaired) electrons. The second kappa shape index (κ2) is 11.8. The molecule has 2 aromatic rings. The van der Waals surface area contributed by atoms with E-state index in [1.807, 2.05) is 45.0 Å². The summed E-state index contributed by atoms with van der Waals surface area (Å²) in [7, 11) is 0. The van der Waals surface area contributed by atoms with Gasteiger partial charge in [0.2, 0.25) is 11.8 Å². The summed E-state index contributed by atoms with van der Waals surface area (Å²) in [6.45, 7) is 8.15. The zero-order chi connectivity index (χ0) is 24.8. The van der Waals surface area contributed by atoms with Gasteiger partial charge in [-0.1, -0.05) is 26.0 Å². The first-order valence-electron chi connectivity index (χ1n) is 11.7. The average molecular weight is 506 g/mol. The Hall–Kier alpha value is -2.76. The Balaban J connectivity index is 1.31. The van der Waals surface area contributed by atoms with Crippen molar-refractivity contribution < 1.29 is 31.6 Å². The van der Waals surface area contributed by atoms with Gasteiger partial charge in [0.15, 0.2) is 0 Å². The lowest BCUT2D eigenvalue weighted by molar-refractivity contribution is 0.0603. The third-order valence-electron chi connectivity index (χ3n) is 5.81. The van der Waals surface area contributed by atoms with Crippen LogP contribution in [0.1, 0.15) is 43.7 Å². The molecule has 10 nitrogen and oxygen atoms in total. The highest BCUT2D eigenvalue weighted by molar-refractivity contribution is 7.75. The molecular formula is C24H31N3O7S. The van der Waals surface area contributed by atoms with Gasteiger partial charge in [-0.15, -0.1) is 0 Å². The number of carbonyl (C=O) groups excluding carboxylic acids is 1. The summed E-state index contributed by atoms with van der Waals surface area (Å²) in [6, 6.07) is 7.54. The second-order valence-electron chi connectivity index (χ2n) is 9.03. The number of ether oxygens (including phenoxy) is 3. The van der Waals surface area contributed by atoms with Crippen molar-refractivity contribution in [1.82, 2.24) is 14.9 Å². The van der Waals surface area contributed by atoms with E-state index in [0.717, 1.165) is 5.56 Å². The first kappa shape index (κ1) is 25.3. The van der Waals surface area contributed by atoms with E-state index in [1.165, 1.54) is 6.33 Å². The smallest absolute Gasteiger partial charge is 0.409 e. The summed E-state index contributed by atoms with van der Waals surface area (Å²) in [4.78, 5) is 22.4. The van der Waals surface area contributed by atoms with E-state index in [9.17, 15) is 9.00 Å². The van der Waals surface area contributed by atoms with Crippen LogP contribution in [0.3, 0.4) is 0 Å². The van der Waals surface area contributed by atoms with E-state index in [0.29, 0.717) is 74.7 Å². The van der Waals surface area contributed by atoms with Crippen LogP contribution in [0.5, 0.6) is 17.5 Å². The minimum absolute atomic E-state index is 0.0195. The monoisotopic (exact) mass is 505 g/mol. The van der Waals surface area contributed by atoms with Crippen LogP contribution >= 0.6 is 0 Å². The molecule has 2 saturated heterocycles. The van der Waals surface area contributed by atoms with E-state index in [-0.39, 0.29) is 18.1 Å². The van der Waals surface area contributed by atoms with E-state index < -0.39 is 11.4 Å². The number of piperidine rings is 1. The van der Waals surface area contributed by atoms with Crippen molar-refractivity contribution in [2.24, 2.45) is 5.92 Å². The third kappa shape index (κ3) is 6.89. The minimum Gasteiger partial charge on any atom is -0.474 e. The standard InChI is InChI=1S/C24H31N3O7S/c1-16(2)12-30-24(28)27-10-8-21(9-11-27)34-23-17(3)22(25-15-26-23)33-20-6-4-18(5-7-20)19-13-31-35(29)32-14-19/h4-7,15-16,19,21H,8-14H2,1-3H3. The fourth-order valence-corrected chi connectivity index (χ4v) is 4.37. The summed E-state index contributed by atoms with van der Waals surface area (Å²) in [6.07, 6.45) is 2.48. The maximum Gasteiger partial charge on any atom is 0.409 e. The van der Waals surface area contributed by atoms with Gasteiger partial charge in [-0.25, -0.2) is 14.8 Å². The molecule has 2 aliphatic rings. The average Bonchev–Trinajstić information content (AvgIpc) is 2.86. The van der Waals surface area contributed by atoms with Crippen LogP contribution in [0.25, 0.3) is 0 Å². The Morgan fingerprint density at radius 3 is 2.43 bits per heavy atom. The zero-order valence-corrected chi connectivity index (χ0v) is 21.0. The number of nitrogens with zero attached hydrogens (tertiary/aromatic N) is 3. The maximum atomic E-state index is 12.2. The van der Waals surface area contributed by atoms with Gasteiger partial charge in [-0.3, -0.25) is 8.37 Å². The van der Waals surface area contributed by atoms with Gasteiger partial charge in [0.1, 0.15) is 18.2 Å². The van der Waals surface area contributed by atoms with Crippen LogP contribution < -0.4 is 9.47 Å². The summed E-state index contributed by atoms with van der Waals surface area (Å²) in [5.41, 5.74) is 1.71. The molecule has 0 saturated carbocycles. The molecule has 11 heteroatoms. The summed E-state index contributed by atoms with van der Waals surface area (Å²) in [5.74, 6) is 1.83. The molecule has 4 rings (SSSR count). The molecule has 2 aliphatic heterocycles. The number of rotatable bonds is 7. The number of hydrogen-bond acceptors (Lipinski definition) is 9. The van der Waals surface area contributed by atoms with Gasteiger partial charge in [-0.05, 0) is 30.5 Å². The predicted molar refractivity (Wildman–Crippen MR) is 127 cm³/mol. The highest BCUT2D eigenvalue weighted by Crippen LogP contribution is 2.30. The fourth-order valence-electron chi connectivity index (χ4n) is 3.75. The number of aromatic nitrogens is 2. The topological polar surface area (TPSA) is 109 Å². The zero-order valence-electron chi connectivity index (χ0n) is 20.2. The van der Waals surface area contributed by atoms with Crippen LogP contribution in [0.2, 0.25) is 0 Å². The molecule has 1 aromatic carbocycles. The molecule has 35 heavy (non-hydrogen) atoms. The summed E-state index contributed by atoms with van der Waals surface area (Å²) in [5, 5.41) is 0. The molecule has 2 fully saturated rings. The first-order chi connectivity index (χ1) is 16.9. The normalized spacial score (nSPS) is 21.1. The van der Waals surface area contributed by atoms with Gasteiger partial charge < -0.3 is 19.1 Å². The Morgan fingerprint density at radius 2 is 1.77 bits per heavy atom. The maximum absolute atomic E-state index is 12.2. The van der Waals surface area contributed by atoms with Crippen molar-refractivity contribution in [3.05, 3.63) is 41.7 Å².